The van der Waals surface area contributed by atoms with E-state index >= 15 is 0 Å². The van der Waals surface area contributed by atoms with Gasteiger partial charge in [-0.1, -0.05) is 48.4 Å². The molecule has 1 aromatic carbocycles. The van der Waals surface area contributed by atoms with Crippen LogP contribution in [0.15, 0.2) is 42.5 Å². The van der Waals surface area contributed by atoms with Gasteiger partial charge in [0.15, 0.2) is 0 Å². The van der Waals surface area contributed by atoms with Crippen molar-refractivity contribution in [2.45, 2.75) is 18.5 Å². The number of halogens is 1. The zero-order valence-corrected chi connectivity index (χ0v) is 8.49. The Morgan fingerprint density at radius 1 is 1.33 bits per heavy atom. The zero-order valence-electron chi connectivity index (χ0n) is 8.49. The first-order valence-corrected chi connectivity index (χ1v) is 5.12. The van der Waals surface area contributed by atoms with Gasteiger partial charge >= 0.3 is 0 Å². The van der Waals surface area contributed by atoms with Crippen LogP contribution in [-0.4, -0.2) is 0 Å². The highest BCUT2D eigenvalue weighted by atomic mass is 19.1. The van der Waals surface area contributed by atoms with Gasteiger partial charge in [0.1, 0.15) is 5.67 Å². The molecule has 15 heavy (non-hydrogen) atoms. The molecule has 0 spiro atoms. The number of alkyl halides is 1. The summed E-state index contributed by atoms with van der Waals surface area (Å²) in [5, 5.41) is 0. The summed E-state index contributed by atoms with van der Waals surface area (Å²) in [5.74, 6) is 2.52. The lowest BCUT2D eigenvalue weighted by molar-refractivity contribution is 0.138. The van der Waals surface area contributed by atoms with Crippen molar-refractivity contribution in [3.8, 4) is 12.3 Å². The Hall–Kier alpha value is -1.55. The number of allylic oxidation sites excluding steroid dienone is 2. The Kier molecular flexibility index (Phi) is 2.60. The first-order chi connectivity index (χ1) is 7.24. The van der Waals surface area contributed by atoms with E-state index in [-0.39, 0.29) is 5.92 Å². The molecule has 1 heteroatoms. The maximum absolute atomic E-state index is 14.6. The largest absolute Gasteiger partial charge is 0.238 e. The molecule has 2 rings (SSSR count). The number of terminal acetylenes is 1. The Balaban J connectivity index is 2.29. The van der Waals surface area contributed by atoms with E-state index in [0.29, 0.717) is 12.8 Å². The summed E-state index contributed by atoms with van der Waals surface area (Å²) in [6, 6.07) is 9.27. The van der Waals surface area contributed by atoms with Gasteiger partial charge in [0.05, 0.1) is 0 Å². The first kappa shape index (κ1) is 9.98. The van der Waals surface area contributed by atoms with E-state index < -0.39 is 5.67 Å². The molecule has 0 bridgehead atoms. The molecule has 0 saturated heterocycles. The molecule has 0 heterocycles. The molecule has 76 valence electrons. The third kappa shape index (κ3) is 1.94. The van der Waals surface area contributed by atoms with Crippen LogP contribution in [0.4, 0.5) is 4.39 Å². The lowest BCUT2D eigenvalue weighted by Gasteiger charge is -2.29. The van der Waals surface area contributed by atoms with E-state index in [1.165, 1.54) is 0 Å². The first-order valence-electron chi connectivity index (χ1n) is 5.12. The van der Waals surface area contributed by atoms with Crippen molar-refractivity contribution in [3.05, 3.63) is 48.0 Å². The average molecular weight is 200 g/mol. The summed E-state index contributed by atoms with van der Waals surface area (Å²) < 4.78 is 14.6. The molecule has 0 fully saturated rings. The molecular weight excluding hydrogens is 187 g/mol. The van der Waals surface area contributed by atoms with Gasteiger partial charge in [-0.2, -0.15) is 0 Å². The van der Waals surface area contributed by atoms with Crippen LogP contribution >= 0.6 is 0 Å². The van der Waals surface area contributed by atoms with Gasteiger partial charge in [-0.3, -0.25) is 0 Å². The number of benzene rings is 1. The molecule has 1 aliphatic rings. The minimum atomic E-state index is -1.28. The standard InChI is InChI=1S/C14H13F/c1-2-12-7-6-10-14(15,11-12)13-8-4-3-5-9-13/h1,3-9,12H,10-11H2. The van der Waals surface area contributed by atoms with Crippen molar-refractivity contribution in [1.82, 2.24) is 0 Å². The SMILES string of the molecule is C#CC1C=CCC(F)(c2ccccc2)C1. The number of hydrogen-bond donors (Lipinski definition) is 0. The van der Waals surface area contributed by atoms with Crippen molar-refractivity contribution >= 4 is 0 Å². The van der Waals surface area contributed by atoms with Crippen LogP contribution in [0.25, 0.3) is 0 Å². The zero-order chi connectivity index (χ0) is 10.7. The van der Waals surface area contributed by atoms with E-state index in [9.17, 15) is 4.39 Å². The van der Waals surface area contributed by atoms with Crippen molar-refractivity contribution in [2.24, 2.45) is 5.92 Å². The topological polar surface area (TPSA) is 0 Å². The molecule has 0 aliphatic heterocycles. The minimum Gasteiger partial charge on any atom is -0.238 e. The fraction of sp³-hybridized carbons (Fsp3) is 0.286. The molecule has 0 nitrogen and oxygen atoms in total. The predicted octanol–water partition coefficient (Wildman–Crippen LogP) is 3.45. The molecule has 2 unspecified atom stereocenters. The van der Waals surface area contributed by atoms with Gasteiger partial charge < -0.3 is 0 Å². The van der Waals surface area contributed by atoms with E-state index in [2.05, 4.69) is 5.92 Å². The fourth-order valence-electron chi connectivity index (χ4n) is 2.01. The van der Waals surface area contributed by atoms with E-state index in [1.807, 2.05) is 42.5 Å². The molecule has 0 radical (unpaired) electrons. The smallest absolute Gasteiger partial charge is 0.140 e. The van der Waals surface area contributed by atoms with Crippen molar-refractivity contribution in [2.75, 3.05) is 0 Å². The van der Waals surface area contributed by atoms with Crippen LogP contribution in [0.3, 0.4) is 0 Å². The second-order valence-electron chi connectivity index (χ2n) is 3.94. The second kappa shape index (κ2) is 3.90. The monoisotopic (exact) mass is 200 g/mol. The normalized spacial score (nSPS) is 29.7. The highest BCUT2D eigenvalue weighted by Gasteiger charge is 2.34. The molecule has 1 aromatic rings. The molecular formula is C14H13F. The third-order valence-corrected chi connectivity index (χ3v) is 2.86. The van der Waals surface area contributed by atoms with Crippen molar-refractivity contribution < 1.29 is 4.39 Å². The summed E-state index contributed by atoms with van der Waals surface area (Å²) in [6.07, 6.45) is 9.92. The third-order valence-electron chi connectivity index (χ3n) is 2.86. The summed E-state index contributed by atoms with van der Waals surface area (Å²) in [5.41, 5.74) is -0.554. The summed E-state index contributed by atoms with van der Waals surface area (Å²) in [6.45, 7) is 0. The molecule has 1 aliphatic carbocycles. The van der Waals surface area contributed by atoms with Gasteiger partial charge in [0.2, 0.25) is 0 Å². The fourth-order valence-corrected chi connectivity index (χ4v) is 2.01. The van der Waals surface area contributed by atoms with Crippen LogP contribution in [0, 0.1) is 18.3 Å². The van der Waals surface area contributed by atoms with Crippen LogP contribution in [-0.2, 0) is 5.67 Å². The second-order valence-corrected chi connectivity index (χ2v) is 3.94. The van der Waals surface area contributed by atoms with Crippen molar-refractivity contribution in [3.63, 3.8) is 0 Å². The highest BCUT2D eigenvalue weighted by Crippen LogP contribution is 2.39. The van der Waals surface area contributed by atoms with Gasteiger partial charge in [-0.15, -0.1) is 6.42 Å². The lowest BCUT2D eigenvalue weighted by Crippen LogP contribution is -2.25. The molecule has 0 N–H and O–H groups in total. The van der Waals surface area contributed by atoms with Gasteiger partial charge in [0, 0.05) is 18.8 Å². The summed E-state index contributed by atoms with van der Waals surface area (Å²) in [7, 11) is 0. The van der Waals surface area contributed by atoms with Gasteiger partial charge in [0.25, 0.3) is 0 Å². The van der Waals surface area contributed by atoms with Gasteiger partial charge in [-0.05, 0) is 5.56 Å². The van der Waals surface area contributed by atoms with E-state index in [0.717, 1.165) is 5.56 Å². The lowest BCUT2D eigenvalue weighted by atomic mass is 9.80. The maximum Gasteiger partial charge on any atom is 0.140 e. The number of rotatable bonds is 1. The van der Waals surface area contributed by atoms with Gasteiger partial charge in [-0.25, -0.2) is 4.39 Å². The van der Waals surface area contributed by atoms with E-state index in [4.69, 9.17) is 6.42 Å². The van der Waals surface area contributed by atoms with E-state index in [1.54, 1.807) is 0 Å². The molecule has 2 atom stereocenters. The van der Waals surface area contributed by atoms with Crippen LogP contribution in [0.1, 0.15) is 18.4 Å². The Labute approximate surface area is 89.8 Å². The van der Waals surface area contributed by atoms with Crippen LogP contribution < -0.4 is 0 Å². The summed E-state index contributed by atoms with van der Waals surface area (Å²) >= 11 is 0. The Morgan fingerprint density at radius 2 is 2.07 bits per heavy atom. The predicted molar refractivity (Wildman–Crippen MR) is 59.9 cm³/mol. The summed E-state index contributed by atoms with van der Waals surface area (Å²) in [4.78, 5) is 0. The highest BCUT2D eigenvalue weighted by molar-refractivity contribution is 5.27. The quantitative estimate of drug-likeness (QED) is 0.481. The average Bonchev–Trinajstić information content (AvgIpc) is 2.30. The van der Waals surface area contributed by atoms with Crippen LogP contribution in [0.2, 0.25) is 0 Å². The molecule has 0 saturated carbocycles. The van der Waals surface area contributed by atoms with Crippen molar-refractivity contribution in [1.29, 1.82) is 0 Å². The maximum atomic E-state index is 14.6. The van der Waals surface area contributed by atoms with Crippen LogP contribution in [0.5, 0.6) is 0 Å². The number of hydrogen-bond acceptors (Lipinski definition) is 0. The molecule has 0 aromatic heterocycles. The Bertz CT molecular complexity index is 399. The molecule has 0 amide bonds. The Morgan fingerprint density at radius 3 is 2.73 bits per heavy atom. The minimum absolute atomic E-state index is 0.0797.